The minimum Gasteiger partial charge on any atom is -0.455 e. The van der Waals surface area contributed by atoms with E-state index in [2.05, 4.69) is 10.6 Å². The zero-order valence-electron chi connectivity index (χ0n) is 16.3. The van der Waals surface area contributed by atoms with E-state index in [-0.39, 0.29) is 12.5 Å². The van der Waals surface area contributed by atoms with Gasteiger partial charge in [0.25, 0.3) is 5.91 Å². The van der Waals surface area contributed by atoms with Gasteiger partial charge in [-0.05, 0) is 43.2 Å². The van der Waals surface area contributed by atoms with Crippen LogP contribution in [0.25, 0.3) is 0 Å². The number of rotatable bonds is 5. The standard InChI is InChI=1S/C22H22ClN3O4/c23-15-9-10-18(30-16-7-3-1-4-8-16)17(13-15)24-19(27)14-26-20(28)22(25-21(26)29)11-5-2-6-12-22/h1,3-4,7-10,13H,2,5-6,11-12,14H2,(H,24,27)(H,25,29). The zero-order chi connectivity index (χ0) is 21.1. The first-order valence-electron chi connectivity index (χ1n) is 9.93. The van der Waals surface area contributed by atoms with Gasteiger partial charge >= 0.3 is 6.03 Å². The lowest BCUT2D eigenvalue weighted by molar-refractivity contribution is -0.134. The number of nitrogens with one attached hydrogen (secondary N) is 2. The summed E-state index contributed by atoms with van der Waals surface area (Å²) in [4.78, 5) is 38.9. The molecule has 7 nitrogen and oxygen atoms in total. The highest BCUT2D eigenvalue weighted by atomic mass is 35.5. The summed E-state index contributed by atoms with van der Waals surface area (Å²) in [5.74, 6) is 0.171. The van der Waals surface area contributed by atoms with Crippen LogP contribution in [0.3, 0.4) is 0 Å². The number of anilines is 1. The summed E-state index contributed by atoms with van der Waals surface area (Å²) < 4.78 is 5.83. The predicted molar refractivity (Wildman–Crippen MR) is 113 cm³/mol. The molecule has 1 aliphatic carbocycles. The van der Waals surface area contributed by atoms with Gasteiger partial charge in [0.05, 0.1) is 5.69 Å². The molecule has 2 aromatic rings. The van der Waals surface area contributed by atoms with Crippen LogP contribution < -0.4 is 15.4 Å². The highest BCUT2D eigenvalue weighted by Gasteiger charge is 2.51. The van der Waals surface area contributed by atoms with Crippen molar-refractivity contribution in [2.45, 2.75) is 37.6 Å². The predicted octanol–water partition coefficient (Wildman–Crippen LogP) is 4.33. The van der Waals surface area contributed by atoms with Crippen LogP contribution in [-0.2, 0) is 9.59 Å². The molecule has 1 spiro atoms. The Balaban J connectivity index is 1.47. The van der Waals surface area contributed by atoms with E-state index in [1.54, 1.807) is 30.3 Å². The van der Waals surface area contributed by atoms with E-state index in [9.17, 15) is 14.4 Å². The van der Waals surface area contributed by atoms with Crippen molar-refractivity contribution < 1.29 is 19.1 Å². The Morgan fingerprint density at radius 2 is 1.83 bits per heavy atom. The first-order chi connectivity index (χ1) is 14.5. The van der Waals surface area contributed by atoms with E-state index in [1.807, 2.05) is 18.2 Å². The number of carbonyl (C=O) groups is 3. The number of halogens is 1. The Bertz CT molecular complexity index is 974. The summed E-state index contributed by atoms with van der Waals surface area (Å²) in [5.41, 5.74) is -0.497. The number of amides is 4. The van der Waals surface area contributed by atoms with E-state index in [0.717, 1.165) is 24.2 Å². The molecule has 8 heteroatoms. The van der Waals surface area contributed by atoms with Gasteiger partial charge in [-0.3, -0.25) is 14.5 Å². The number of urea groups is 1. The number of benzene rings is 2. The van der Waals surface area contributed by atoms with Crippen molar-refractivity contribution in [3.63, 3.8) is 0 Å². The van der Waals surface area contributed by atoms with Crippen molar-refractivity contribution in [3.8, 4) is 11.5 Å². The van der Waals surface area contributed by atoms with Gasteiger partial charge < -0.3 is 15.4 Å². The molecule has 4 amide bonds. The van der Waals surface area contributed by atoms with Gasteiger partial charge in [0.15, 0.2) is 5.75 Å². The Kier molecular flexibility index (Phi) is 5.63. The summed E-state index contributed by atoms with van der Waals surface area (Å²) in [5, 5.41) is 5.93. The summed E-state index contributed by atoms with van der Waals surface area (Å²) in [6, 6.07) is 13.5. The Labute approximate surface area is 179 Å². The number of hydrogen-bond donors (Lipinski definition) is 2. The van der Waals surface area contributed by atoms with Crippen molar-refractivity contribution in [1.29, 1.82) is 0 Å². The highest BCUT2D eigenvalue weighted by Crippen LogP contribution is 2.34. The highest BCUT2D eigenvalue weighted by molar-refractivity contribution is 6.31. The van der Waals surface area contributed by atoms with Gasteiger partial charge in [-0.2, -0.15) is 0 Å². The summed E-state index contributed by atoms with van der Waals surface area (Å²) in [6.45, 7) is -0.371. The maximum atomic E-state index is 12.9. The average molecular weight is 428 g/mol. The molecular weight excluding hydrogens is 406 g/mol. The van der Waals surface area contributed by atoms with Crippen LogP contribution in [0, 0.1) is 0 Å². The topological polar surface area (TPSA) is 87.7 Å². The molecule has 1 heterocycles. The molecule has 2 fully saturated rings. The molecule has 1 aliphatic heterocycles. The van der Waals surface area contributed by atoms with E-state index in [1.165, 1.54) is 0 Å². The second kappa shape index (κ2) is 8.36. The van der Waals surface area contributed by atoms with Gasteiger partial charge in [0.1, 0.15) is 17.8 Å². The summed E-state index contributed by atoms with van der Waals surface area (Å²) >= 11 is 6.08. The maximum Gasteiger partial charge on any atom is 0.325 e. The fourth-order valence-electron chi connectivity index (χ4n) is 3.95. The molecule has 2 aliphatic rings. The van der Waals surface area contributed by atoms with Crippen LogP contribution in [0.2, 0.25) is 5.02 Å². The Hall–Kier alpha value is -3.06. The smallest absolute Gasteiger partial charge is 0.325 e. The van der Waals surface area contributed by atoms with Gasteiger partial charge in [-0.15, -0.1) is 0 Å². The molecule has 1 saturated heterocycles. The molecule has 0 radical (unpaired) electrons. The normalized spacial score (nSPS) is 17.7. The van der Waals surface area contributed by atoms with Crippen LogP contribution in [0.5, 0.6) is 11.5 Å². The minimum absolute atomic E-state index is 0.325. The molecule has 0 aromatic heterocycles. The quantitative estimate of drug-likeness (QED) is 0.695. The number of carbonyl (C=O) groups excluding carboxylic acids is 3. The molecule has 0 unspecified atom stereocenters. The van der Waals surface area contributed by atoms with Gasteiger partial charge in [-0.25, -0.2) is 4.79 Å². The summed E-state index contributed by atoms with van der Waals surface area (Å²) in [6.07, 6.45) is 4.03. The average Bonchev–Trinajstić information content (AvgIpc) is 2.95. The van der Waals surface area contributed by atoms with Crippen molar-refractivity contribution in [3.05, 3.63) is 53.6 Å². The fraction of sp³-hybridized carbons (Fsp3) is 0.318. The van der Waals surface area contributed by atoms with E-state index in [0.29, 0.717) is 35.1 Å². The lowest BCUT2D eigenvalue weighted by Gasteiger charge is -2.30. The number of para-hydroxylation sites is 1. The third kappa shape index (κ3) is 4.11. The van der Waals surface area contributed by atoms with Crippen molar-refractivity contribution in [1.82, 2.24) is 10.2 Å². The van der Waals surface area contributed by atoms with Crippen LogP contribution in [-0.4, -0.2) is 34.8 Å². The van der Waals surface area contributed by atoms with Gasteiger partial charge in [0, 0.05) is 5.02 Å². The van der Waals surface area contributed by atoms with Crippen LogP contribution in [0.1, 0.15) is 32.1 Å². The second-order valence-corrected chi connectivity index (χ2v) is 8.00. The van der Waals surface area contributed by atoms with Crippen molar-refractivity contribution >= 4 is 35.1 Å². The molecule has 1 saturated carbocycles. The Morgan fingerprint density at radius 3 is 2.57 bits per heavy atom. The van der Waals surface area contributed by atoms with Crippen molar-refractivity contribution in [2.24, 2.45) is 0 Å². The second-order valence-electron chi connectivity index (χ2n) is 7.57. The first kappa shape index (κ1) is 20.2. The molecule has 0 bridgehead atoms. The van der Waals surface area contributed by atoms with Gasteiger partial charge in [-0.1, -0.05) is 49.1 Å². The fourth-order valence-corrected chi connectivity index (χ4v) is 4.12. The van der Waals surface area contributed by atoms with Crippen LogP contribution >= 0.6 is 11.6 Å². The Morgan fingerprint density at radius 1 is 1.10 bits per heavy atom. The molecule has 156 valence electrons. The third-order valence-corrected chi connectivity index (χ3v) is 5.68. The SMILES string of the molecule is O=C(CN1C(=O)NC2(CCCCC2)C1=O)Nc1cc(Cl)ccc1Oc1ccccc1. The summed E-state index contributed by atoms with van der Waals surface area (Å²) in [7, 11) is 0. The molecule has 0 atom stereocenters. The third-order valence-electron chi connectivity index (χ3n) is 5.44. The first-order valence-corrected chi connectivity index (χ1v) is 10.3. The minimum atomic E-state index is -0.854. The molecule has 30 heavy (non-hydrogen) atoms. The van der Waals surface area contributed by atoms with E-state index >= 15 is 0 Å². The molecule has 2 aromatic carbocycles. The molecular formula is C22H22ClN3O4. The monoisotopic (exact) mass is 427 g/mol. The molecule has 2 N–H and O–H groups in total. The molecule has 4 rings (SSSR count). The lowest BCUT2D eigenvalue weighted by atomic mass is 9.82. The van der Waals surface area contributed by atoms with E-state index in [4.69, 9.17) is 16.3 Å². The number of imide groups is 1. The lowest BCUT2D eigenvalue weighted by Crippen LogP contribution is -2.48. The number of ether oxygens (including phenoxy) is 1. The van der Waals surface area contributed by atoms with Gasteiger partial charge in [0.2, 0.25) is 5.91 Å². The zero-order valence-corrected chi connectivity index (χ0v) is 17.1. The number of hydrogen-bond acceptors (Lipinski definition) is 4. The maximum absolute atomic E-state index is 12.9. The van der Waals surface area contributed by atoms with Crippen LogP contribution in [0.15, 0.2) is 48.5 Å². The largest absolute Gasteiger partial charge is 0.455 e. The van der Waals surface area contributed by atoms with Crippen LogP contribution in [0.4, 0.5) is 10.5 Å². The van der Waals surface area contributed by atoms with E-state index < -0.39 is 17.5 Å². The number of nitrogens with zero attached hydrogens (tertiary/aromatic N) is 1. The van der Waals surface area contributed by atoms with Crippen molar-refractivity contribution in [2.75, 3.05) is 11.9 Å².